The van der Waals surface area contributed by atoms with E-state index in [1.807, 2.05) is 26.8 Å². The summed E-state index contributed by atoms with van der Waals surface area (Å²) in [5.41, 5.74) is 2.61. The van der Waals surface area contributed by atoms with Gasteiger partial charge in [0.25, 0.3) is 0 Å². The highest BCUT2D eigenvalue weighted by Crippen LogP contribution is 2.35. The van der Waals surface area contributed by atoms with Crippen LogP contribution in [0.2, 0.25) is 0 Å². The number of nitrogens with zero attached hydrogens (tertiary/aromatic N) is 2. The van der Waals surface area contributed by atoms with Gasteiger partial charge in [-0.05, 0) is 63.3 Å². The molecule has 1 aromatic heterocycles. The Kier molecular flexibility index (Phi) is 7.81. The summed E-state index contributed by atoms with van der Waals surface area (Å²) in [7, 11) is 1.57. The van der Waals surface area contributed by atoms with Gasteiger partial charge in [-0.25, -0.2) is 14.2 Å². The second kappa shape index (κ2) is 10.8. The van der Waals surface area contributed by atoms with Crippen molar-refractivity contribution in [3.8, 4) is 5.88 Å². The molecular weight excluding hydrogens is 461 g/mol. The number of amides is 2. The van der Waals surface area contributed by atoms with Crippen molar-refractivity contribution in [1.82, 2.24) is 10.3 Å². The summed E-state index contributed by atoms with van der Waals surface area (Å²) in [4.78, 5) is 33.0. The van der Waals surface area contributed by atoms with Crippen LogP contribution in [0, 0.1) is 11.7 Å². The van der Waals surface area contributed by atoms with Gasteiger partial charge in [-0.3, -0.25) is 4.79 Å². The number of rotatable bonds is 6. The maximum atomic E-state index is 13.9. The largest absolute Gasteiger partial charge is 0.481 e. The van der Waals surface area contributed by atoms with Gasteiger partial charge in [0.15, 0.2) is 0 Å². The van der Waals surface area contributed by atoms with Crippen LogP contribution < -0.4 is 15.0 Å². The normalized spacial score (nSPS) is 16.9. The van der Waals surface area contributed by atoms with Crippen LogP contribution in [-0.2, 0) is 22.4 Å². The Balaban J connectivity index is 1.61. The van der Waals surface area contributed by atoms with E-state index in [0.717, 1.165) is 54.6 Å². The van der Waals surface area contributed by atoms with Gasteiger partial charge < -0.3 is 19.7 Å². The highest BCUT2D eigenvalue weighted by Gasteiger charge is 2.38. The standard InChI is InChI=1S/C28H36FN3O4/c1-28(2,3)36-27(34)31-24(19-8-6-5-7-9-19)26(33)32-15-14-22-23(32)17-20(25(30-22)35-4)16-18-10-12-21(29)13-11-18/h10-13,17,19,24H,5-9,14-16H2,1-4H3,(H,31,34)/t24-/m0/s1. The fourth-order valence-corrected chi connectivity index (χ4v) is 5.12. The number of halogens is 1. The van der Waals surface area contributed by atoms with E-state index in [2.05, 4.69) is 5.32 Å². The third-order valence-electron chi connectivity index (χ3n) is 6.81. The van der Waals surface area contributed by atoms with Crippen molar-refractivity contribution < 1.29 is 23.5 Å². The number of alkyl carbamates (subject to hydrolysis) is 1. The quantitative estimate of drug-likeness (QED) is 0.595. The topological polar surface area (TPSA) is 80.8 Å². The SMILES string of the molecule is COc1nc2c(cc1Cc1ccc(F)cc1)N(C(=O)[C@@H](NC(=O)OC(C)(C)C)C1CCCCC1)CC2. The molecule has 1 aliphatic carbocycles. The number of carbonyl (C=O) groups is 2. The number of methoxy groups -OCH3 is 1. The second-order valence-electron chi connectivity index (χ2n) is 10.7. The molecule has 0 bridgehead atoms. The van der Waals surface area contributed by atoms with Gasteiger partial charge in [0.2, 0.25) is 11.8 Å². The molecule has 1 N–H and O–H groups in total. The van der Waals surface area contributed by atoms with Crippen LogP contribution in [0.5, 0.6) is 5.88 Å². The first-order valence-electron chi connectivity index (χ1n) is 12.8. The maximum Gasteiger partial charge on any atom is 0.408 e. The molecule has 2 amide bonds. The number of carbonyl (C=O) groups excluding carboxylic acids is 2. The summed E-state index contributed by atoms with van der Waals surface area (Å²) in [5.74, 6) is 0.141. The number of hydrogen-bond donors (Lipinski definition) is 1. The predicted octanol–water partition coefficient (Wildman–Crippen LogP) is 5.18. The summed E-state index contributed by atoms with van der Waals surface area (Å²) >= 11 is 0. The number of aromatic nitrogens is 1. The average molecular weight is 498 g/mol. The fraction of sp³-hybridized carbons (Fsp3) is 0.536. The van der Waals surface area contributed by atoms with Crippen LogP contribution >= 0.6 is 0 Å². The van der Waals surface area contributed by atoms with Gasteiger partial charge >= 0.3 is 6.09 Å². The molecule has 36 heavy (non-hydrogen) atoms. The smallest absolute Gasteiger partial charge is 0.408 e. The van der Waals surface area contributed by atoms with Crippen molar-refractivity contribution >= 4 is 17.7 Å². The fourth-order valence-electron chi connectivity index (χ4n) is 5.12. The molecule has 0 radical (unpaired) electrons. The summed E-state index contributed by atoms with van der Waals surface area (Å²) in [6.45, 7) is 5.91. The molecule has 0 unspecified atom stereocenters. The Morgan fingerprint density at radius 3 is 2.50 bits per heavy atom. The zero-order valence-corrected chi connectivity index (χ0v) is 21.6. The molecule has 0 spiro atoms. The zero-order valence-electron chi connectivity index (χ0n) is 21.6. The van der Waals surface area contributed by atoms with E-state index in [9.17, 15) is 14.0 Å². The van der Waals surface area contributed by atoms with E-state index in [1.165, 1.54) is 12.1 Å². The van der Waals surface area contributed by atoms with Gasteiger partial charge in [-0.1, -0.05) is 31.4 Å². The number of nitrogens with one attached hydrogen (secondary N) is 1. The van der Waals surface area contributed by atoms with Gasteiger partial charge in [0.05, 0.1) is 18.5 Å². The molecule has 8 heteroatoms. The average Bonchev–Trinajstić information content (AvgIpc) is 3.25. The molecule has 1 atom stereocenters. The number of fused-ring (bicyclic) bond motifs is 1. The predicted molar refractivity (Wildman–Crippen MR) is 136 cm³/mol. The molecule has 0 saturated heterocycles. The maximum absolute atomic E-state index is 13.9. The molecule has 1 fully saturated rings. The minimum absolute atomic E-state index is 0.0627. The van der Waals surface area contributed by atoms with Gasteiger partial charge in [0.1, 0.15) is 17.5 Å². The Morgan fingerprint density at radius 2 is 1.86 bits per heavy atom. The third kappa shape index (κ3) is 6.15. The molecule has 2 aromatic rings. The number of ether oxygens (including phenoxy) is 2. The van der Waals surface area contributed by atoms with Crippen molar-refractivity contribution in [3.63, 3.8) is 0 Å². The molecule has 194 valence electrons. The Labute approximate surface area is 212 Å². The van der Waals surface area contributed by atoms with E-state index in [0.29, 0.717) is 25.3 Å². The molecule has 1 saturated carbocycles. The van der Waals surface area contributed by atoms with Crippen LogP contribution in [0.4, 0.5) is 14.9 Å². The second-order valence-corrected chi connectivity index (χ2v) is 10.7. The Bertz CT molecular complexity index is 1090. The number of anilines is 1. The van der Waals surface area contributed by atoms with Gasteiger partial charge in [-0.2, -0.15) is 0 Å². The first-order valence-corrected chi connectivity index (χ1v) is 12.8. The lowest BCUT2D eigenvalue weighted by molar-refractivity contribution is -0.122. The molecule has 1 aliphatic heterocycles. The number of benzene rings is 1. The van der Waals surface area contributed by atoms with E-state index in [1.54, 1.807) is 24.1 Å². The van der Waals surface area contributed by atoms with E-state index >= 15 is 0 Å². The molecule has 2 heterocycles. The van der Waals surface area contributed by atoms with Crippen LogP contribution in [0.3, 0.4) is 0 Å². The van der Waals surface area contributed by atoms with Gasteiger partial charge in [-0.15, -0.1) is 0 Å². The first-order chi connectivity index (χ1) is 17.1. The van der Waals surface area contributed by atoms with Crippen molar-refractivity contribution in [2.75, 3.05) is 18.6 Å². The molecule has 2 aliphatic rings. The van der Waals surface area contributed by atoms with Crippen LogP contribution in [0.25, 0.3) is 0 Å². The lowest BCUT2D eigenvalue weighted by atomic mass is 9.83. The molecular formula is C28H36FN3O4. The van der Waals surface area contributed by atoms with Crippen molar-refractivity contribution in [1.29, 1.82) is 0 Å². The molecule has 4 rings (SSSR count). The van der Waals surface area contributed by atoms with Crippen LogP contribution in [0.1, 0.15) is 69.7 Å². The van der Waals surface area contributed by atoms with Crippen molar-refractivity contribution in [2.45, 2.75) is 77.4 Å². The Morgan fingerprint density at radius 1 is 1.17 bits per heavy atom. The monoisotopic (exact) mass is 497 g/mol. The minimum Gasteiger partial charge on any atom is -0.481 e. The van der Waals surface area contributed by atoms with Crippen molar-refractivity contribution in [2.24, 2.45) is 5.92 Å². The number of pyridine rings is 1. The summed E-state index contributed by atoms with van der Waals surface area (Å²) < 4.78 is 24.4. The molecule has 1 aromatic carbocycles. The highest BCUT2D eigenvalue weighted by atomic mass is 19.1. The minimum atomic E-state index is -0.659. The summed E-state index contributed by atoms with van der Waals surface area (Å²) in [6.07, 6.45) is 5.55. The van der Waals surface area contributed by atoms with Crippen LogP contribution in [-0.4, -0.2) is 42.3 Å². The van der Waals surface area contributed by atoms with Crippen molar-refractivity contribution in [3.05, 3.63) is 53.0 Å². The van der Waals surface area contributed by atoms with Crippen LogP contribution in [0.15, 0.2) is 30.3 Å². The van der Waals surface area contributed by atoms with E-state index in [4.69, 9.17) is 14.5 Å². The summed E-state index contributed by atoms with van der Waals surface area (Å²) in [5, 5.41) is 2.90. The number of hydrogen-bond acceptors (Lipinski definition) is 5. The van der Waals surface area contributed by atoms with Gasteiger partial charge in [0, 0.05) is 24.9 Å². The summed E-state index contributed by atoms with van der Waals surface area (Å²) in [6, 6.07) is 7.60. The Hall–Kier alpha value is -3.16. The lowest BCUT2D eigenvalue weighted by Gasteiger charge is -2.33. The zero-order chi connectivity index (χ0) is 25.9. The van der Waals surface area contributed by atoms with E-state index in [-0.39, 0.29) is 17.6 Å². The molecule has 7 nitrogen and oxygen atoms in total. The highest BCUT2D eigenvalue weighted by molar-refractivity contribution is 6.00. The third-order valence-corrected chi connectivity index (χ3v) is 6.81. The first kappa shape index (κ1) is 25.9. The van der Waals surface area contributed by atoms with E-state index < -0.39 is 17.7 Å². The lowest BCUT2D eigenvalue weighted by Crippen LogP contribution is -2.53.